The molecule has 1 aliphatic carbocycles. The van der Waals surface area contributed by atoms with Crippen LogP contribution < -0.4 is 0 Å². The molecule has 140 valence electrons. The van der Waals surface area contributed by atoms with Gasteiger partial charge >= 0.3 is 0 Å². The molecule has 1 aliphatic rings. The van der Waals surface area contributed by atoms with Crippen LogP contribution in [0.15, 0.2) is 82.4 Å². The van der Waals surface area contributed by atoms with E-state index in [1.165, 1.54) is 16.7 Å². The van der Waals surface area contributed by atoms with E-state index in [2.05, 4.69) is 73.1 Å². The second-order valence-electron chi connectivity index (χ2n) is 7.72. The molecule has 0 unspecified atom stereocenters. The van der Waals surface area contributed by atoms with E-state index in [-0.39, 0.29) is 23.5 Å². The summed E-state index contributed by atoms with van der Waals surface area (Å²) in [7, 11) is 0. The molecule has 0 aromatic heterocycles. The van der Waals surface area contributed by atoms with Crippen LogP contribution in [0.3, 0.4) is 0 Å². The van der Waals surface area contributed by atoms with Gasteiger partial charge in [0.05, 0.1) is 0 Å². The zero-order valence-electron chi connectivity index (χ0n) is 16.3. The van der Waals surface area contributed by atoms with Crippen molar-refractivity contribution in [3.05, 3.63) is 93.5 Å². The van der Waals surface area contributed by atoms with Gasteiger partial charge in [0.15, 0.2) is 5.78 Å². The van der Waals surface area contributed by atoms with Crippen LogP contribution in [0.4, 0.5) is 0 Å². The fourth-order valence-electron chi connectivity index (χ4n) is 4.08. The summed E-state index contributed by atoms with van der Waals surface area (Å²) in [4.78, 5) is 13.6. The van der Waals surface area contributed by atoms with Crippen molar-refractivity contribution >= 4 is 21.7 Å². The second kappa shape index (κ2) is 8.84. The Hall–Kier alpha value is -1.93. The number of hydrogen-bond donors (Lipinski definition) is 0. The van der Waals surface area contributed by atoms with Gasteiger partial charge in [0.25, 0.3) is 0 Å². The molecule has 0 saturated carbocycles. The Balaban J connectivity index is 2.04. The van der Waals surface area contributed by atoms with Gasteiger partial charge in [-0.25, -0.2) is 0 Å². The monoisotopic (exact) mass is 422 g/mol. The molecule has 27 heavy (non-hydrogen) atoms. The topological polar surface area (TPSA) is 17.1 Å². The van der Waals surface area contributed by atoms with Crippen LogP contribution in [0.2, 0.25) is 0 Å². The predicted molar refractivity (Wildman–Crippen MR) is 117 cm³/mol. The minimum Gasteiger partial charge on any atom is -0.294 e. The van der Waals surface area contributed by atoms with E-state index in [0.29, 0.717) is 0 Å². The van der Waals surface area contributed by atoms with Crippen LogP contribution in [0.5, 0.6) is 0 Å². The van der Waals surface area contributed by atoms with E-state index in [9.17, 15) is 4.79 Å². The van der Waals surface area contributed by atoms with Gasteiger partial charge in [-0.05, 0) is 63.1 Å². The van der Waals surface area contributed by atoms with Crippen molar-refractivity contribution in [2.24, 2.45) is 11.8 Å². The Kier molecular flexibility index (Phi) is 6.49. The first-order valence-electron chi connectivity index (χ1n) is 9.62. The third-order valence-corrected chi connectivity index (χ3v) is 6.11. The maximum absolute atomic E-state index is 13.6. The first-order chi connectivity index (χ1) is 13.0. The summed E-state index contributed by atoms with van der Waals surface area (Å²) in [6, 6.07) is 18.3. The molecule has 2 aromatic carbocycles. The molecule has 0 spiro atoms. The smallest absolute Gasteiger partial charge is 0.167 e. The van der Waals surface area contributed by atoms with E-state index >= 15 is 0 Å². The lowest BCUT2D eigenvalue weighted by atomic mass is 9.66. The van der Waals surface area contributed by atoms with Crippen molar-refractivity contribution in [1.29, 1.82) is 0 Å². The van der Waals surface area contributed by atoms with Crippen molar-refractivity contribution in [3.63, 3.8) is 0 Å². The van der Waals surface area contributed by atoms with Gasteiger partial charge in [-0.3, -0.25) is 4.79 Å². The first-order valence-corrected chi connectivity index (χ1v) is 10.4. The molecule has 0 radical (unpaired) electrons. The average Bonchev–Trinajstić information content (AvgIpc) is 2.67. The molecular formula is C25H27BrO. The lowest BCUT2D eigenvalue weighted by Gasteiger charge is -2.37. The number of allylic oxidation sites excluding steroid dienone is 4. The summed E-state index contributed by atoms with van der Waals surface area (Å²) in [5, 5.41) is 0. The van der Waals surface area contributed by atoms with E-state index < -0.39 is 0 Å². The molecule has 0 N–H and O–H groups in total. The molecule has 0 fully saturated rings. The Morgan fingerprint density at radius 2 is 1.74 bits per heavy atom. The summed E-state index contributed by atoms with van der Waals surface area (Å²) in [5.41, 5.74) is 4.72. The Morgan fingerprint density at radius 3 is 2.37 bits per heavy atom. The van der Waals surface area contributed by atoms with Crippen molar-refractivity contribution < 1.29 is 4.79 Å². The van der Waals surface area contributed by atoms with Crippen LogP contribution in [-0.4, -0.2) is 5.78 Å². The lowest BCUT2D eigenvalue weighted by molar-refractivity contribution is 0.0850. The predicted octanol–water partition coefficient (Wildman–Crippen LogP) is 7.35. The number of benzene rings is 2. The van der Waals surface area contributed by atoms with Gasteiger partial charge in [-0.15, -0.1) is 0 Å². The second-order valence-corrected chi connectivity index (χ2v) is 8.64. The van der Waals surface area contributed by atoms with Gasteiger partial charge in [0.1, 0.15) is 0 Å². The van der Waals surface area contributed by atoms with Crippen LogP contribution in [0, 0.1) is 11.8 Å². The molecule has 3 atom stereocenters. The number of halogens is 1. The molecule has 0 saturated heterocycles. The molecule has 3 rings (SSSR count). The molecule has 0 amide bonds. The van der Waals surface area contributed by atoms with Gasteiger partial charge < -0.3 is 0 Å². The molecule has 0 aliphatic heterocycles. The summed E-state index contributed by atoms with van der Waals surface area (Å²) in [6.07, 6.45) is 6.45. The quantitative estimate of drug-likeness (QED) is 0.363. The van der Waals surface area contributed by atoms with Gasteiger partial charge in [-0.1, -0.05) is 81.7 Å². The number of carbonyl (C=O) groups excluding carboxylic acids is 1. The van der Waals surface area contributed by atoms with Crippen molar-refractivity contribution in [3.8, 4) is 0 Å². The molecule has 2 aromatic rings. The largest absolute Gasteiger partial charge is 0.294 e. The molecule has 2 heteroatoms. The number of rotatable bonds is 5. The zero-order valence-corrected chi connectivity index (χ0v) is 17.9. The normalized spacial score (nSPS) is 22.1. The highest BCUT2D eigenvalue weighted by molar-refractivity contribution is 9.10. The maximum Gasteiger partial charge on any atom is 0.167 e. The minimum atomic E-state index is -0.0332. The molecule has 0 bridgehead atoms. The van der Waals surface area contributed by atoms with E-state index in [0.717, 1.165) is 22.9 Å². The van der Waals surface area contributed by atoms with Gasteiger partial charge in [0.2, 0.25) is 0 Å². The number of Topliss-reactive ketones (excluding diaryl/α,β-unsaturated/α-hetero) is 1. The molecular weight excluding hydrogens is 396 g/mol. The highest BCUT2D eigenvalue weighted by atomic mass is 79.9. The van der Waals surface area contributed by atoms with E-state index in [1.807, 2.05) is 30.3 Å². The van der Waals surface area contributed by atoms with E-state index in [1.54, 1.807) is 0 Å². The SMILES string of the molecule is CC(C)=CC[C@@H]1C(C)=CC[C@@H](c2ccc(Br)cc2)[C@@H]1C(=O)c1ccccc1. The summed E-state index contributed by atoms with van der Waals surface area (Å²) in [6.45, 7) is 6.44. The van der Waals surface area contributed by atoms with Gasteiger partial charge in [0, 0.05) is 16.0 Å². The number of ketones is 1. The highest BCUT2D eigenvalue weighted by Gasteiger charge is 2.38. The van der Waals surface area contributed by atoms with Crippen LogP contribution in [0.25, 0.3) is 0 Å². The van der Waals surface area contributed by atoms with Crippen molar-refractivity contribution in [1.82, 2.24) is 0 Å². The average molecular weight is 423 g/mol. The van der Waals surface area contributed by atoms with E-state index in [4.69, 9.17) is 0 Å². The lowest BCUT2D eigenvalue weighted by Crippen LogP contribution is -2.33. The fraction of sp³-hybridized carbons (Fsp3) is 0.320. The summed E-state index contributed by atoms with van der Waals surface area (Å²) >= 11 is 3.53. The standard InChI is InChI=1S/C25H27BrO/c1-17(2)9-15-22-18(3)10-16-23(19-11-13-21(26)14-12-19)24(22)25(27)20-7-5-4-6-8-20/h4-14,22-24H,15-16H2,1-3H3/t22-,23+,24-/m1/s1. The number of carbonyl (C=O) groups is 1. The van der Waals surface area contributed by atoms with Crippen LogP contribution >= 0.6 is 15.9 Å². The maximum atomic E-state index is 13.6. The number of hydrogen-bond acceptors (Lipinski definition) is 1. The zero-order chi connectivity index (χ0) is 19.4. The summed E-state index contributed by atoms with van der Waals surface area (Å²) in [5.74, 6) is 0.692. The van der Waals surface area contributed by atoms with Gasteiger partial charge in [-0.2, -0.15) is 0 Å². The Labute approximate surface area is 171 Å². The third kappa shape index (κ3) is 4.68. The summed E-state index contributed by atoms with van der Waals surface area (Å²) < 4.78 is 1.07. The Morgan fingerprint density at radius 1 is 1.07 bits per heavy atom. The first kappa shape index (κ1) is 19.8. The minimum absolute atomic E-state index is 0.0332. The highest BCUT2D eigenvalue weighted by Crippen LogP contribution is 2.44. The third-order valence-electron chi connectivity index (χ3n) is 5.58. The van der Waals surface area contributed by atoms with Crippen LogP contribution in [-0.2, 0) is 0 Å². The fourth-order valence-corrected chi connectivity index (χ4v) is 4.35. The van der Waals surface area contributed by atoms with Crippen LogP contribution in [0.1, 0.15) is 55.5 Å². The molecule has 0 heterocycles. The van der Waals surface area contributed by atoms with Crippen molar-refractivity contribution in [2.45, 2.75) is 39.5 Å². The Bertz CT molecular complexity index is 842. The van der Waals surface area contributed by atoms with Crippen molar-refractivity contribution in [2.75, 3.05) is 0 Å². The molecule has 1 nitrogen and oxygen atoms in total.